The molecule has 0 aliphatic rings. The molecule has 8 heteroatoms. The van der Waals surface area contributed by atoms with E-state index in [0.717, 1.165) is 12.1 Å². The van der Waals surface area contributed by atoms with Gasteiger partial charge in [-0.05, 0) is 68.7 Å². The van der Waals surface area contributed by atoms with Crippen LogP contribution in [-0.2, 0) is 10.9 Å². The largest absolute Gasteiger partial charge is 0.478 e. The number of ether oxygens (including phenoxy) is 1. The van der Waals surface area contributed by atoms with Crippen LogP contribution in [0.2, 0.25) is 0 Å². The van der Waals surface area contributed by atoms with Crippen LogP contribution in [0, 0.1) is 6.92 Å². The minimum atomic E-state index is -4.52. The number of alkyl halides is 3. The van der Waals surface area contributed by atoms with Crippen LogP contribution in [0.1, 0.15) is 42.3 Å². The van der Waals surface area contributed by atoms with E-state index in [4.69, 9.17) is 4.74 Å². The summed E-state index contributed by atoms with van der Waals surface area (Å²) in [6.45, 7) is 6.49. The zero-order chi connectivity index (χ0) is 21.3. The average molecular weight is 395 g/mol. The molecule has 0 spiro atoms. The third-order valence-electron chi connectivity index (χ3n) is 3.62. The van der Waals surface area contributed by atoms with Gasteiger partial charge in [-0.2, -0.15) is 13.2 Å². The second-order valence-electron chi connectivity index (χ2n) is 7.28. The Labute approximate surface area is 160 Å². The van der Waals surface area contributed by atoms with Crippen molar-refractivity contribution in [2.75, 3.05) is 5.32 Å². The Morgan fingerprint density at radius 2 is 1.64 bits per heavy atom. The number of aromatic carboxylic acids is 1. The van der Waals surface area contributed by atoms with Gasteiger partial charge in [-0.1, -0.05) is 12.1 Å². The fourth-order valence-corrected chi connectivity index (χ4v) is 2.54. The number of halogens is 3. The van der Waals surface area contributed by atoms with Gasteiger partial charge in [-0.3, -0.25) is 5.32 Å². The van der Waals surface area contributed by atoms with Crippen LogP contribution in [0.3, 0.4) is 0 Å². The van der Waals surface area contributed by atoms with Crippen molar-refractivity contribution in [3.8, 4) is 11.1 Å². The van der Waals surface area contributed by atoms with Gasteiger partial charge in [-0.25, -0.2) is 9.59 Å². The summed E-state index contributed by atoms with van der Waals surface area (Å²) in [4.78, 5) is 23.5. The van der Waals surface area contributed by atoms with E-state index < -0.39 is 29.4 Å². The summed E-state index contributed by atoms with van der Waals surface area (Å²) in [7, 11) is 0. The smallest absolute Gasteiger partial charge is 0.416 e. The zero-order valence-electron chi connectivity index (χ0n) is 15.8. The highest BCUT2D eigenvalue weighted by Crippen LogP contribution is 2.34. The highest BCUT2D eigenvalue weighted by molar-refractivity contribution is 6.00. The monoisotopic (exact) mass is 395 g/mol. The summed E-state index contributed by atoms with van der Waals surface area (Å²) in [6.07, 6.45) is -5.35. The molecular formula is C20H20F3NO4. The molecule has 0 bridgehead atoms. The third-order valence-corrected chi connectivity index (χ3v) is 3.62. The van der Waals surface area contributed by atoms with E-state index in [0.29, 0.717) is 5.56 Å². The summed E-state index contributed by atoms with van der Waals surface area (Å²) in [5.41, 5.74) is -0.997. The van der Waals surface area contributed by atoms with Crippen LogP contribution in [-0.4, -0.2) is 22.8 Å². The van der Waals surface area contributed by atoms with Crippen LogP contribution in [0.15, 0.2) is 36.4 Å². The van der Waals surface area contributed by atoms with E-state index in [1.807, 2.05) is 0 Å². The van der Waals surface area contributed by atoms with Crippen LogP contribution in [0.4, 0.5) is 23.7 Å². The number of carbonyl (C=O) groups excluding carboxylic acids is 1. The molecule has 0 unspecified atom stereocenters. The number of carboxylic acid groups (broad SMARTS) is 1. The standard InChI is InChI=1S/C20H20F3NO4/c1-11-7-13(9-14(8-11)20(21,22)23)12-5-6-16(15(10-12)17(25)26)24-18(27)28-19(2,3)4/h5-10H,1-4H3,(H,24,27)(H,25,26). The fourth-order valence-electron chi connectivity index (χ4n) is 2.54. The summed E-state index contributed by atoms with van der Waals surface area (Å²) in [6, 6.07) is 7.46. The van der Waals surface area contributed by atoms with Gasteiger partial charge < -0.3 is 9.84 Å². The maximum atomic E-state index is 13.1. The van der Waals surface area contributed by atoms with Crippen LogP contribution in [0.25, 0.3) is 11.1 Å². The minimum Gasteiger partial charge on any atom is -0.478 e. The number of hydrogen-bond donors (Lipinski definition) is 2. The van der Waals surface area contributed by atoms with Crippen LogP contribution >= 0.6 is 0 Å². The summed E-state index contributed by atoms with van der Waals surface area (Å²) >= 11 is 0. The summed E-state index contributed by atoms with van der Waals surface area (Å²) < 4.78 is 44.3. The number of benzene rings is 2. The number of anilines is 1. The van der Waals surface area contributed by atoms with Gasteiger partial charge in [0.05, 0.1) is 16.8 Å². The predicted octanol–water partition coefficient (Wildman–Crippen LogP) is 5.73. The number of rotatable bonds is 3. The van der Waals surface area contributed by atoms with E-state index in [1.54, 1.807) is 20.8 Å². The number of carboxylic acids is 1. The number of carbonyl (C=O) groups is 2. The van der Waals surface area contributed by atoms with Gasteiger partial charge in [0.1, 0.15) is 5.60 Å². The van der Waals surface area contributed by atoms with Crippen molar-refractivity contribution in [1.82, 2.24) is 0 Å². The minimum absolute atomic E-state index is 0.0193. The van der Waals surface area contributed by atoms with E-state index >= 15 is 0 Å². The number of amides is 1. The van der Waals surface area contributed by atoms with Crippen molar-refractivity contribution in [1.29, 1.82) is 0 Å². The molecule has 28 heavy (non-hydrogen) atoms. The Morgan fingerprint density at radius 1 is 1.00 bits per heavy atom. The van der Waals surface area contributed by atoms with E-state index in [2.05, 4.69) is 5.32 Å². The molecule has 0 atom stereocenters. The van der Waals surface area contributed by atoms with Crippen molar-refractivity contribution < 1.29 is 32.6 Å². The van der Waals surface area contributed by atoms with Crippen molar-refractivity contribution >= 4 is 17.7 Å². The molecule has 2 rings (SSSR count). The van der Waals surface area contributed by atoms with Gasteiger partial charge in [0.25, 0.3) is 0 Å². The van der Waals surface area contributed by atoms with Gasteiger partial charge in [0, 0.05) is 0 Å². The SMILES string of the molecule is Cc1cc(-c2ccc(NC(=O)OC(C)(C)C)c(C(=O)O)c2)cc(C(F)(F)F)c1. The lowest BCUT2D eigenvalue weighted by Gasteiger charge is -2.20. The molecule has 5 nitrogen and oxygen atoms in total. The fraction of sp³-hybridized carbons (Fsp3) is 0.300. The Morgan fingerprint density at radius 3 is 2.18 bits per heavy atom. The molecule has 0 heterocycles. The first-order valence-corrected chi connectivity index (χ1v) is 8.33. The van der Waals surface area contributed by atoms with Gasteiger partial charge >= 0.3 is 18.2 Å². The summed E-state index contributed by atoms with van der Waals surface area (Å²) in [5, 5.41) is 11.8. The normalized spacial score (nSPS) is 11.8. The summed E-state index contributed by atoms with van der Waals surface area (Å²) in [5.74, 6) is -1.34. The molecule has 0 fully saturated rings. The maximum absolute atomic E-state index is 13.1. The van der Waals surface area contributed by atoms with Gasteiger partial charge in [0.15, 0.2) is 0 Å². The number of hydrogen-bond acceptors (Lipinski definition) is 3. The Balaban J connectivity index is 2.44. The van der Waals surface area contributed by atoms with Crippen molar-refractivity contribution in [2.45, 2.75) is 39.5 Å². The van der Waals surface area contributed by atoms with Crippen molar-refractivity contribution in [3.63, 3.8) is 0 Å². The molecule has 150 valence electrons. The predicted molar refractivity (Wildman–Crippen MR) is 98.4 cm³/mol. The van der Waals surface area contributed by atoms with Crippen LogP contribution < -0.4 is 5.32 Å². The molecule has 2 N–H and O–H groups in total. The van der Waals surface area contributed by atoms with Crippen molar-refractivity contribution in [2.24, 2.45) is 0 Å². The average Bonchev–Trinajstić information content (AvgIpc) is 2.51. The molecule has 0 saturated heterocycles. The first kappa shape index (κ1) is 21.3. The Bertz CT molecular complexity index is 915. The molecular weight excluding hydrogens is 375 g/mol. The highest BCUT2D eigenvalue weighted by atomic mass is 19.4. The third kappa shape index (κ3) is 5.48. The number of aryl methyl sites for hydroxylation is 1. The van der Waals surface area contributed by atoms with Gasteiger partial charge in [-0.15, -0.1) is 0 Å². The Kier molecular flexibility index (Phi) is 5.72. The van der Waals surface area contributed by atoms with E-state index in [9.17, 15) is 27.9 Å². The second kappa shape index (κ2) is 7.53. The highest BCUT2D eigenvalue weighted by Gasteiger charge is 2.31. The molecule has 1 amide bonds. The molecule has 0 aliphatic carbocycles. The molecule has 0 saturated carbocycles. The molecule has 0 aromatic heterocycles. The van der Waals surface area contributed by atoms with E-state index in [-0.39, 0.29) is 22.4 Å². The molecule has 0 aliphatic heterocycles. The quantitative estimate of drug-likeness (QED) is 0.696. The molecule has 2 aromatic carbocycles. The molecule has 2 aromatic rings. The Hall–Kier alpha value is -3.03. The second-order valence-corrected chi connectivity index (χ2v) is 7.28. The number of nitrogens with one attached hydrogen (secondary N) is 1. The first-order valence-electron chi connectivity index (χ1n) is 8.33. The van der Waals surface area contributed by atoms with Gasteiger partial charge in [0.2, 0.25) is 0 Å². The lowest BCUT2D eigenvalue weighted by Crippen LogP contribution is -2.27. The maximum Gasteiger partial charge on any atom is 0.416 e. The lowest BCUT2D eigenvalue weighted by atomic mass is 9.97. The van der Waals surface area contributed by atoms with E-state index in [1.165, 1.54) is 31.2 Å². The van der Waals surface area contributed by atoms with Crippen LogP contribution in [0.5, 0.6) is 0 Å². The first-order chi connectivity index (χ1) is 12.8. The van der Waals surface area contributed by atoms with Crippen molar-refractivity contribution in [3.05, 3.63) is 53.1 Å². The molecule has 0 radical (unpaired) electrons. The lowest BCUT2D eigenvalue weighted by molar-refractivity contribution is -0.137. The topological polar surface area (TPSA) is 75.6 Å². The zero-order valence-corrected chi connectivity index (χ0v) is 15.8.